The van der Waals surface area contributed by atoms with Crippen molar-refractivity contribution < 1.29 is 9.18 Å². The van der Waals surface area contributed by atoms with Gasteiger partial charge in [-0.05, 0) is 18.2 Å². The lowest BCUT2D eigenvalue weighted by atomic mass is 10.2. The second kappa shape index (κ2) is 7.05. The zero-order valence-corrected chi connectivity index (χ0v) is 14.5. The number of carbonyl (C=O) groups is 1. The summed E-state index contributed by atoms with van der Waals surface area (Å²) in [5.41, 5.74) is 2.25. The minimum absolute atomic E-state index is 0.292. The molecule has 2 heterocycles. The number of nitrogens with one attached hydrogen (secondary N) is 1. The van der Waals surface area contributed by atoms with E-state index in [-0.39, 0.29) is 5.91 Å². The normalized spacial score (nSPS) is 11.0. The van der Waals surface area contributed by atoms with E-state index >= 15 is 0 Å². The number of aromatic nitrogens is 3. The summed E-state index contributed by atoms with van der Waals surface area (Å²) in [5, 5.41) is 9.35. The Morgan fingerprint density at radius 3 is 2.81 bits per heavy atom. The zero-order chi connectivity index (χ0) is 17.9. The highest BCUT2D eigenvalue weighted by Gasteiger charge is 2.12. The van der Waals surface area contributed by atoms with Crippen molar-refractivity contribution in [3.63, 3.8) is 0 Å². The summed E-state index contributed by atoms with van der Waals surface area (Å²) in [4.78, 5) is 17.4. The first-order valence-corrected chi connectivity index (χ1v) is 9.01. The molecule has 26 heavy (non-hydrogen) atoms. The molecule has 0 bridgehead atoms. The van der Waals surface area contributed by atoms with Crippen molar-refractivity contribution in [1.82, 2.24) is 19.9 Å². The van der Waals surface area contributed by atoms with Crippen molar-refractivity contribution in [2.75, 3.05) is 6.54 Å². The molecule has 0 saturated carbocycles. The van der Waals surface area contributed by atoms with Gasteiger partial charge in [-0.3, -0.25) is 4.79 Å². The van der Waals surface area contributed by atoms with Crippen LogP contribution >= 0.6 is 11.3 Å². The van der Waals surface area contributed by atoms with E-state index in [9.17, 15) is 9.18 Å². The number of benzene rings is 2. The highest BCUT2D eigenvalue weighted by atomic mass is 32.1. The van der Waals surface area contributed by atoms with Crippen molar-refractivity contribution in [3.05, 3.63) is 77.1 Å². The quantitative estimate of drug-likeness (QED) is 0.587. The lowest BCUT2D eigenvalue weighted by Crippen LogP contribution is -2.26. The predicted octanol–water partition coefficient (Wildman–Crippen LogP) is 3.57. The maximum atomic E-state index is 13.2. The number of halogens is 1. The van der Waals surface area contributed by atoms with Crippen LogP contribution in [0.15, 0.2) is 60.0 Å². The molecule has 0 saturated heterocycles. The van der Waals surface area contributed by atoms with E-state index in [0.717, 1.165) is 16.2 Å². The van der Waals surface area contributed by atoms with Gasteiger partial charge in [0.2, 0.25) is 4.96 Å². The molecule has 7 heteroatoms. The Morgan fingerprint density at radius 1 is 1.15 bits per heavy atom. The molecule has 2 aromatic carbocycles. The fourth-order valence-corrected chi connectivity index (χ4v) is 3.50. The summed E-state index contributed by atoms with van der Waals surface area (Å²) in [6, 6.07) is 15.4. The van der Waals surface area contributed by atoms with Gasteiger partial charge in [0.05, 0.1) is 5.69 Å². The monoisotopic (exact) mass is 366 g/mol. The first-order chi connectivity index (χ1) is 12.7. The van der Waals surface area contributed by atoms with Gasteiger partial charge in [-0.25, -0.2) is 8.91 Å². The van der Waals surface area contributed by atoms with Crippen LogP contribution in [0.5, 0.6) is 0 Å². The van der Waals surface area contributed by atoms with Crippen LogP contribution in [0.25, 0.3) is 16.3 Å². The fraction of sp³-hybridized carbons (Fsp3) is 0.105. The van der Waals surface area contributed by atoms with Gasteiger partial charge in [-0.1, -0.05) is 36.4 Å². The van der Waals surface area contributed by atoms with E-state index < -0.39 is 5.82 Å². The molecule has 0 aliphatic heterocycles. The average Bonchev–Trinajstić information content (AvgIpc) is 3.24. The standard InChI is InChI=1S/C19H15FN4OS/c20-15-8-4-7-14(11-15)18(25)21-10-9-16-12-26-19-22-17(23-24(16)19)13-5-2-1-3-6-13/h1-8,11-12H,9-10H2,(H,21,25). The summed E-state index contributed by atoms with van der Waals surface area (Å²) >= 11 is 1.51. The maximum Gasteiger partial charge on any atom is 0.251 e. The Bertz CT molecular complexity index is 1060. The number of nitrogens with zero attached hydrogens (tertiary/aromatic N) is 3. The highest BCUT2D eigenvalue weighted by Crippen LogP contribution is 2.20. The van der Waals surface area contributed by atoms with Gasteiger partial charge < -0.3 is 5.32 Å². The van der Waals surface area contributed by atoms with Crippen LogP contribution in [0.1, 0.15) is 16.1 Å². The summed E-state index contributed by atoms with van der Waals surface area (Å²) < 4.78 is 15.0. The largest absolute Gasteiger partial charge is 0.352 e. The molecule has 130 valence electrons. The second-order valence-electron chi connectivity index (χ2n) is 5.74. The minimum atomic E-state index is -0.423. The summed E-state index contributed by atoms with van der Waals surface area (Å²) in [7, 11) is 0. The third-order valence-corrected chi connectivity index (χ3v) is 4.80. The Kier molecular flexibility index (Phi) is 4.45. The maximum absolute atomic E-state index is 13.2. The molecule has 0 fully saturated rings. The molecule has 1 amide bonds. The summed E-state index contributed by atoms with van der Waals surface area (Å²) in [6.07, 6.45) is 0.610. The number of fused-ring (bicyclic) bond motifs is 1. The van der Waals surface area contributed by atoms with Crippen LogP contribution in [-0.2, 0) is 6.42 Å². The predicted molar refractivity (Wildman–Crippen MR) is 98.7 cm³/mol. The lowest BCUT2D eigenvalue weighted by molar-refractivity contribution is 0.0953. The van der Waals surface area contributed by atoms with Crippen LogP contribution in [0, 0.1) is 5.82 Å². The van der Waals surface area contributed by atoms with Crippen molar-refractivity contribution in [1.29, 1.82) is 0 Å². The average molecular weight is 366 g/mol. The van der Waals surface area contributed by atoms with E-state index in [1.165, 1.54) is 29.5 Å². The molecule has 2 aromatic heterocycles. The van der Waals surface area contributed by atoms with Gasteiger partial charge in [0, 0.05) is 29.5 Å². The van der Waals surface area contributed by atoms with Gasteiger partial charge in [-0.2, -0.15) is 4.98 Å². The lowest BCUT2D eigenvalue weighted by Gasteiger charge is -2.04. The fourth-order valence-electron chi connectivity index (χ4n) is 2.64. The minimum Gasteiger partial charge on any atom is -0.352 e. The van der Waals surface area contributed by atoms with Gasteiger partial charge in [0.1, 0.15) is 5.82 Å². The van der Waals surface area contributed by atoms with Gasteiger partial charge in [-0.15, -0.1) is 16.4 Å². The van der Waals surface area contributed by atoms with Crippen LogP contribution in [-0.4, -0.2) is 27.0 Å². The van der Waals surface area contributed by atoms with Crippen LogP contribution in [0.4, 0.5) is 4.39 Å². The van der Waals surface area contributed by atoms with Crippen molar-refractivity contribution in [2.45, 2.75) is 6.42 Å². The smallest absolute Gasteiger partial charge is 0.251 e. The first kappa shape index (κ1) is 16.4. The number of hydrogen-bond donors (Lipinski definition) is 1. The Morgan fingerprint density at radius 2 is 2.00 bits per heavy atom. The molecule has 5 nitrogen and oxygen atoms in total. The van der Waals surface area contributed by atoms with Crippen molar-refractivity contribution >= 4 is 22.2 Å². The Balaban J connectivity index is 1.44. The summed E-state index contributed by atoms with van der Waals surface area (Å²) in [5.74, 6) is -0.0321. The van der Waals surface area contributed by atoms with Gasteiger partial charge >= 0.3 is 0 Å². The SMILES string of the molecule is O=C(NCCc1csc2nc(-c3ccccc3)nn12)c1cccc(F)c1. The van der Waals surface area contributed by atoms with Crippen LogP contribution in [0.2, 0.25) is 0 Å². The van der Waals surface area contributed by atoms with Crippen molar-refractivity contribution in [2.24, 2.45) is 0 Å². The zero-order valence-electron chi connectivity index (χ0n) is 13.7. The molecular weight excluding hydrogens is 351 g/mol. The molecule has 0 aliphatic rings. The first-order valence-electron chi connectivity index (χ1n) is 8.13. The molecule has 0 aliphatic carbocycles. The molecule has 0 radical (unpaired) electrons. The number of thiazole rings is 1. The number of carbonyl (C=O) groups excluding carboxylic acids is 1. The molecule has 4 rings (SSSR count). The number of rotatable bonds is 5. The molecule has 0 unspecified atom stereocenters. The topological polar surface area (TPSA) is 59.3 Å². The molecule has 1 N–H and O–H groups in total. The number of amides is 1. The van der Waals surface area contributed by atoms with E-state index in [4.69, 9.17) is 0 Å². The summed E-state index contributed by atoms with van der Waals surface area (Å²) in [6.45, 7) is 0.432. The van der Waals surface area contributed by atoms with E-state index in [0.29, 0.717) is 24.4 Å². The Hall–Kier alpha value is -3.06. The van der Waals surface area contributed by atoms with E-state index in [1.54, 1.807) is 10.6 Å². The second-order valence-corrected chi connectivity index (χ2v) is 6.58. The van der Waals surface area contributed by atoms with Crippen LogP contribution in [0.3, 0.4) is 0 Å². The van der Waals surface area contributed by atoms with Gasteiger partial charge in [0.25, 0.3) is 5.91 Å². The number of hydrogen-bond acceptors (Lipinski definition) is 4. The highest BCUT2D eigenvalue weighted by molar-refractivity contribution is 7.15. The molecular formula is C19H15FN4OS. The molecule has 4 aromatic rings. The van der Waals surface area contributed by atoms with E-state index in [2.05, 4.69) is 15.4 Å². The molecule has 0 spiro atoms. The third-order valence-electron chi connectivity index (χ3n) is 3.94. The van der Waals surface area contributed by atoms with Crippen LogP contribution < -0.4 is 5.32 Å². The van der Waals surface area contributed by atoms with E-state index in [1.807, 2.05) is 35.7 Å². The molecule has 0 atom stereocenters. The Labute approximate surface area is 153 Å². The van der Waals surface area contributed by atoms with Gasteiger partial charge in [0.15, 0.2) is 5.82 Å². The van der Waals surface area contributed by atoms with Crippen molar-refractivity contribution in [3.8, 4) is 11.4 Å². The third kappa shape index (κ3) is 3.34.